The lowest BCUT2D eigenvalue weighted by molar-refractivity contribution is -0.122. The molecule has 0 atom stereocenters. The van der Waals surface area contributed by atoms with Crippen LogP contribution in [0.25, 0.3) is 0 Å². The van der Waals surface area contributed by atoms with Crippen molar-refractivity contribution < 1.29 is 4.79 Å². The van der Waals surface area contributed by atoms with Crippen LogP contribution in [0.2, 0.25) is 0 Å². The third-order valence-corrected chi connectivity index (χ3v) is 3.93. The van der Waals surface area contributed by atoms with E-state index in [1.807, 2.05) is 7.05 Å². The molecule has 2 N–H and O–H groups in total. The summed E-state index contributed by atoms with van der Waals surface area (Å²) in [5.41, 5.74) is 1.53. The Morgan fingerprint density at radius 3 is 2.94 bits per heavy atom. The zero-order valence-corrected chi connectivity index (χ0v) is 11.4. The number of carbonyl (C=O) groups is 1. The molecule has 102 valence electrons. The number of hydrogen-bond donors (Lipinski definition) is 2. The highest BCUT2D eigenvalue weighted by molar-refractivity contribution is 5.78. The summed E-state index contributed by atoms with van der Waals surface area (Å²) in [7, 11) is 2.02. The van der Waals surface area contributed by atoms with Crippen molar-refractivity contribution in [2.45, 2.75) is 38.1 Å². The van der Waals surface area contributed by atoms with Crippen molar-refractivity contribution >= 4 is 5.91 Å². The van der Waals surface area contributed by atoms with Gasteiger partial charge in [-0.15, -0.1) is 0 Å². The maximum atomic E-state index is 11.7. The maximum absolute atomic E-state index is 11.7. The van der Waals surface area contributed by atoms with Gasteiger partial charge in [0.2, 0.25) is 5.91 Å². The number of nitrogens with zero attached hydrogens (tertiary/aromatic N) is 1. The first-order valence-corrected chi connectivity index (χ1v) is 7.11. The maximum Gasteiger partial charge on any atom is 0.234 e. The van der Waals surface area contributed by atoms with E-state index in [0.29, 0.717) is 12.6 Å². The van der Waals surface area contributed by atoms with Gasteiger partial charge in [0.15, 0.2) is 0 Å². The van der Waals surface area contributed by atoms with Crippen LogP contribution in [0.1, 0.15) is 32.1 Å². The summed E-state index contributed by atoms with van der Waals surface area (Å²) >= 11 is 0. The fourth-order valence-corrected chi connectivity index (χ4v) is 2.49. The van der Waals surface area contributed by atoms with Gasteiger partial charge >= 0.3 is 0 Å². The minimum absolute atomic E-state index is 0.154. The monoisotopic (exact) mass is 251 g/mol. The van der Waals surface area contributed by atoms with Gasteiger partial charge in [-0.05, 0) is 39.2 Å². The molecule has 1 fully saturated rings. The molecule has 0 unspecified atom stereocenters. The molecule has 4 nitrogen and oxygen atoms in total. The van der Waals surface area contributed by atoms with Crippen molar-refractivity contribution in [1.29, 1.82) is 0 Å². The quantitative estimate of drug-likeness (QED) is 0.689. The third-order valence-electron chi connectivity index (χ3n) is 3.93. The molecule has 0 bridgehead atoms. The summed E-state index contributed by atoms with van der Waals surface area (Å²) < 4.78 is 0. The molecule has 1 amide bonds. The van der Waals surface area contributed by atoms with E-state index in [0.717, 1.165) is 26.1 Å². The smallest absolute Gasteiger partial charge is 0.234 e. The summed E-state index contributed by atoms with van der Waals surface area (Å²) in [5.74, 6) is 0.154. The molecule has 4 heteroatoms. The molecule has 2 rings (SSSR count). The molecule has 0 aromatic carbocycles. The van der Waals surface area contributed by atoms with E-state index in [1.165, 1.54) is 31.3 Å². The molecule has 18 heavy (non-hydrogen) atoms. The predicted octanol–water partition coefficient (Wildman–Crippen LogP) is 0.897. The number of allylic oxidation sites excluding steroid dienone is 1. The Morgan fingerprint density at radius 1 is 1.50 bits per heavy atom. The SMILES string of the molecule is CN(CC(=O)NCCC1=CCCCC1)C1CNC1. The van der Waals surface area contributed by atoms with Gasteiger partial charge in [-0.3, -0.25) is 9.69 Å². The lowest BCUT2D eigenvalue weighted by atomic mass is 9.97. The van der Waals surface area contributed by atoms with Crippen LogP contribution in [0.5, 0.6) is 0 Å². The van der Waals surface area contributed by atoms with E-state index in [-0.39, 0.29) is 5.91 Å². The topological polar surface area (TPSA) is 44.4 Å². The van der Waals surface area contributed by atoms with Gasteiger partial charge in [0.25, 0.3) is 0 Å². The second-order valence-electron chi connectivity index (χ2n) is 5.44. The van der Waals surface area contributed by atoms with Crippen LogP contribution in [0.15, 0.2) is 11.6 Å². The summed E-state index contributed by atoms with van der Waals surface area (Å²) in [6, 6.07) is 0.539. The van der Waals surface area contributed by atoms with E-state index in [1.54, 1.807) is 0 Å². The molecule has 1 aliphatic carbocycles. The Kier molecular flexibility index (Phi) is 5.20. The highest BCUT2D eigenvalue weighted by Crippen LogP contribution is 2.19. The van der Waals surface area contributed by atoms with E-state index in [9.17, 15) is 4.79 Å². The lowest BCUT2D eigenvalue weighted by Gasteiger charge is -2.35. The van der Waals surface area contributed by atoms with Crippen molar-refractivity contribution in [3.8, 4) is 0 Å². The van der Waals surface area contributed by atoms with Gasteiger partial charge in [0.1, 0.15) is 0 Å². The van der Waals surface area contributed by atoms with Crippen LogP contribution in [0.3, 0.4) is 0 Å². The van der Waals surface area contributed by atoms with Crippen molar-refractivity contribution in [2.75, 3.05) is 33.2 Å². The van der Waals surface area contributed by atoms with Gasteiger partial charge in [0, 0.05) is 25.7 Å². The molecule has 1 heterocycles. The van der Waals surface area contributed by atoms with Crippen LogP contribution in [-0.4, -0.2) is 50.1 Å². The van der Waals surface area contributed by atoms with Crippen molar-refractivity contribution in [3.05, 3.63) is 11.6 Å². The number of nitrogens with one attached hydrogen (secondary N) is 2. The summed E-state index contributed by atoms with van der Waals surface area (Å²) in [4.78, 5) is 13.9. The highest BCUT2D eigenvalue weighted by atomic mass is 16.2. The zero-order chi connectivity index (χ0) is 12.8. The first-order chi connectivity index (χ1) is 8.75. The Balaban J connectivity index is 1.57. The Hall–Kier alpha value is -0.870. The van der Waals surface area contributed by atoms with E-state index in [4.69, 9.17) is 0 Å². The van der Waals surface area contributed by atoms with Crippen LogP contribution in [-0.2, 0) is 4.79 Å². The van der Waals surface area contributed by atoms with Gasteiger partial charge < -0.3 is 10.6 Å². The van der Waals surface area contributed by atoms with Crippen molar-refractivity contribution in [3.63, 3.8) is 0 Å². The van der Waals surface area contributed by atoms with Gasteiger partial charge in [-0.25, -0.2) is 0 Å². The van der Waals surface area contributed by atoms with Gasteiger partial charge in [-0.2, -0.15) is 0 Å². The Labute approximate surface area is 110 Å². The second-order valence-corrected chi connectivity index (χ2v) is 5.44. The number of likely N-dealkylation sites (N-methyl/N-ethyl adjacent to an activating group) is 1. The second kappa shape index (κ2) is 6.90. The molecular formula is C14H25N3O. The first-order valence-electron chi connectivity index (χ1n) is 7.11. The minimum atomic E-state index is 0.154. The predicted molar refractivity (Wildman–Crippen MR) is 73.5 cm³/mol. The average Bonchev–Trinajstić information content (AvgIpc) is 2.27. The van der Waals surface area contributed by atoms with Crippen molar-refractivity contribution in [1.82, 2.24) is 15.5 Å². The Bertz CT molecular complexity index is 310. The van der Waals surface area contributed by atoms with Gasteiger partial charge in [0.05, 0.1) is 6.54 Å². The average molecular weight is 251 g/mol. The van der Waals surface area contributed by atoms with Crippen LogP contribution < -0.4 is 10.6 Å². The van der Waals surface area contributed by atoms with E-state index < -0.39 is 0 Å². The number of amides is 1. The lowest BCUT2D eigenvalue weighted by Crippen LogP contribution is -2.57. The highest BCUT2D eigenvalue weighted by Gasteiger charge is 2.22. The number of hydrogen-bond acceptors (Lipinski definition) is 3. The molecular weight excluding hydrogens is 226 g/mol. The molecule has 0 radical (unpaired) electrons. The standard InChI is InChI=1S/C14H25N3O/c1-17(13-9-15-10-13)11-14(18)16-8-7-12-5-3-2-4-6-12/h5,13,15H,2-4,6-11H2,1H3,(H,16,18). The normalized spacial score (nSPS) is 20.4. The molecule has 0 aromatic heterocycles. The fraction of sp³-hybridized carbons (Fsp3) is 0.786. The summed E-state index contributed by atoms with van der Waals surface area (Å²) in [5, 5.41) is 6.24. The molecule has 0 aromatic rings. The van der Waals surface area contributed by atoms with Crippen LogP contribution in [0.4, 0.5) is 0 Å². The van der Waals surface area contributed by atoms with Crippen molar-refractivity contribution in [2.24, 2.45) is 0 Å². The van der Waals surface area contributed by atoms with E-state index in [2.05, 4.69) is 21.6 Å². The zero-order valence-electron chi connectivity index (χ0n) is 11.4. The molecule has 2 aliphatic rings. The molecule has 0 spiro atoms. The summed E-state index contributed by atoms with van der Waals surface area (Å²) in [6.07, 6.45) is 8.47. The largest absolute Gasteiger partial charge is 0.355 e. The van der Waals surface area contributed by atoms with Gasteiger partial charge in [-0.1, -0.05) is 11.6 Å². The van der Waals surface area contributed by atoms with E-state index >= 15 is 0 Å². The minimum Gasteiger partial charge on any atom is -0.355 e. The molecule has 1 saturated heterocycles. The number of rotatable bonds is 6. The van der Waals surface area contributed by atoms with Crippen LogP contribution >= 0.6 is 0 Å². The fourth-order valence-electron chi connectivity index (χ4n) is 2.49. The molecule has 1 aliphatic heterocycles. The molecule has 0 saturated carbocycles. The third kappa shape index (κ3) is 4.10. The Morgan fingerprint density at radius 2 is 2.33 bits per heavy atom. The first kappa shape index (κ1) is 13.6. The van der Waals surface area contributed by atoms with Crippen LogP contribution in [0, 0.1) is 0 Å². The summed E-state index contributed by atoms with van der Waals surface area (Å²) in [6.45, 7) is 3.33. The number of carbonyl (C=O) groups excluding carboxylic acids is 1.